The highest BCUT2D eigenvalue weighted by atomic mass is 79.9. The fourth-order valence-electron chi connectivity index (χ4n) is 2.32. The standard InChI is InChI=1S/C20H21BrN2O5/c1-20(2,3)28-19(27)23-16-7-5-4-6-13(16)11-22-17(24)12-8-9-14(18(25)26)15(21)10-12/h4-10H,11H2,1-3H3,(H,22,24)(H,23,27)(H,25,26). The fraction of sp³-hybridized carbons (Fsp3) is 0.250. The number of hydrogen-bond acceptors (Lipinski definition) is 4. The summed E-state index contributed by atoms with van der Waals surface area (Å²) in [5.41, 5.74) is 0.989. The molecule has 0 radical (unpaired) electrons. The van der Waals surface area contributed by atoms with Crippen molar-refractivity contribution in [3.8, 4) is 0 Å². The number of carbonyl (C=O) groups is 3. The lowest BCUT2D eigenvalue weighted by atomic mass is 10.1. The van der Waals surface area contributed by atoms with Crippen LogP contribution in [0.5, 0.6) is 0 Å². The smallest absolute Gasteiger partial charge is 0.412 e. The first-order valence-electron chi connectivity index (χ1n) is 8.46. The molecule has 0 aliphatic carbocycles. The van der Waals surface area contributed by atoms with Gasteiger partial charge >= 0.3 is 12.1 Å². The van der Waals surface area contributed by atoms with E-state index in [4.69, 9.17) is 9.84 Å². The number of aromatic carboxylic acids is 1. The lowest BCUT2D eigenvalue weighted by Gasteiger charge is -2.20. The predicted molar refractivity (Wildman–Crippen MR) is 109 cm³/mol. The van der Waals surface area contributed by atoms with Crippen LogP contribution in [0.1, 0.15) is 47.1 Å². The molecule has 0 atom stereocenters. The topological polar surface area (TPSA) is 105 Å². The number of anilines is 1. The molecule has 0 saturated heterocycles. The van der Waals surface area contributed by atoms with Crippen molar-refractivity contribution < 1.29 is 24.2 Å². The molecule has 0 unspecified atom stereocenters. The Bertz CT molecular complexity index is 906. The van der Waals surface area contributed by atoms with Crippen molar-refractivity contribution in [2.75, 3.05) is 5.32 Å². The SMILES string of the molecule is CC(C)(C)OC(=O)Nc1ccccc1CNC(=O)c1ccc(C(=O)O)c(Br)c1. The monoisotopic (exact) mass is 448 g/mol. The molecule has 2 aromatic rings. The van der Waals surface area contributed by atoms with Gasteiger partial charge in [-0.05, 0) is 66.5 Å². The summed E-state index contributed by atoms with van der Waals surface area (Å²) in [6.07, 6.45) is -0.584. The number of carboxylic acids is 1. The molecule has 0 spiro atoms. The van der Waals surface area contributed by atoms with E-state index >= 15 is 0 Å². The fourth-order valence-corrected chi connectivity index (χ4v) is 2.87. The van der Waals surface area contributed by atoms with Gasteiger partial charge in [-0.15, -0.1) is 0 Å². The third-order valence-electron chi connectivity index (χ3n) is 3.55. The Kier molecular flexibility index (Phi) is 6.80. The Balaban J connectivity index is 2.06. The van der Waals surface area contributed by atoms with Crippen LogP contribution in [-0.2, 0) is 11.3 Å². The normalized spacial score (nSPS) is 10.9. The quantitative estimate of drug-likeness (QED) is 0.627. The minimum absolute atomic E-state index is 0.0726. The van der Waals surface area contributed by atoms with Crippen molar-refractivity contribution >= 4 is 39.6 Å². The van der Waals surface area contributed by atoms with Gasteiger partial charge in [0.15, 0.2) is 0 Å². The summed E-state index contributed by atoms with van der Waals surface area (Å²) in [5, 5.41) is 14.5. The largest absolute Gasteiger partial charge is 0.478 e. The number of carbonyl (C=O) groups excluding carboxylic acids is 2. The van der Waals surface area contributed by atoms with Crippen LogP contribution in [-0.4, -0.2) is 28.7 Å². The zero-order valence-electron chi connectivity index (χ0n) is 15.7. The Hall–Kier alpha value is -2.87. The van der Waals surface area contributed by atoms with Crippen LogP contribution in [0.15, 0.2) is 46.9 Å². The number of hydrogen-bond donors (Lipinski definition) is 3. The van der Waals surface area contributed by atoms with Crippen LogP contribution < -0.4 is 10.6 Å². The highest BCUT2D eigenvalue weighted by Crippen LogP contribution is 2.20. The van der Waals surface area contributed by atoms with E-state index < -0.39 is 17.7 Å². The predicted octanol–water partition coefficient (Wildman–Crippen LogP) is 4.42. The number of benzene rings is 2. The molecule has 148 valence electrons. The number of para-hydroxylation sites is 1. The zero-order valence-corrected chi connectivity index (χ0v) is 17.3. The number of carboxylic acid groups (broad SMARTS) is 1. The maximum atomic E-state index is 12.4. The van der Waals surface area contributed by atoms with Gasteiger partial charge in [0.05, 0.1) is 5.56 Å². The summed E-state index contributed by atoms with van der Waals surface area (Å²) in [4.78, 5) is 35.4. The number of amides is 2. The van der Waals surface area contributed by atoms with Gasteiger partial charge in [0.25, 0.3) is 5.91 Å². The maximum Gasteiger partial charge on any atom is 0.412 e. The van der Waals surface area contributed by atoms with Crippen LogP contribution in [0.2, 0.25) is 0 Å². The third-order valence-corrected chi connectivity index (χ3v) is 4.21. The first kappa shape index (κ1) is 21.4. The molecule has 0 saturated carbocycles. The van der Waals surface area contributed by atoms with Crippen molar-refractivity contribution in [3.05, 3.63) is 63.6 Å². The summed E-state index contributed by atoms with van der Waals surface area (Å²) in [7, 11) is 0. The first-order chi connectivity index (χ1) is 13.1. The van der Waals surface area contributed by atoms with Crippen molar-refractivity contribution in [1.29, 1.82) is 0 Å². The van der Waals surface area contributed by atoms with Crippen LogP contribution in [0.4, 0.5) is 10.5 Å². The van der Waals surface area contributed by atoms with Gasteiger partial charge in [-0.3, -0.25) is 10.1 Å². The van der Waals surface area contributed by atoms with E-state index in [0.717, 1.165) is 0 Å². The average Bonchev–Trinajstić information content (AvgIpc) is 2.58. The van der Waals surface area contributed by atoms with Gasteiger partial charge in [0, 0.05) is 22.3 Å². The number of ether oxygens (including phenoxy) is 1. The van der Waals surface area contributed by atoms with E-state index in [1.807, 2.05) is 0 Å². The van der Waals surface area contributed by atoms with Crippen LogP contribution in [0.3, 0.4) is 0 Å². The number of nitrogens with one attached hydrogen (secondary N) is 2. The van der Waals surface area contributed by atoms with Crippen molar-refractivity contribution in [1.82, 2.24) is 5.32 Å². The minimum Gasteiger partial charge on any atom is -0.478 e. The van der Waals surface area contributed by atoms with E-state index in [1.165, 1.54) is 18.2 Å². The van der Waals surface area contributed by atoms with Crippen molar-refractivity contribution in [2.45, 2.75) is 32.9 Å². The van der Waals surface area contributed by atoms with Crippen molar-refractivity contribution in [2.24, 2.45) is 0 Å². The second-order valence-electron chi connectivity index (χ2n) is 6.97. The Morgan fingerprint density at radius 2 is 1.79 bits per heavy atom. The highest BCUT2D eigenvalue weighted by molar-refractivity contribution is 9.10. The minimum atomic E-state index is -1.08. The van der Waals surface area contributed by atoms with Crippen LogP contribution >= 0.6 is 15.9 Å². The van der Waals surface area contributed by atoms with Crippen LogP contribution in [0, 0.1) is 0 Å². The van der Waals surface area contributed by atoms with Gasteiger partial charge in [0.1, 0.15) is 5.60 Å². The molecule has 3 N–H and O–H groups in total. The molecule has 0 heterocycles. The van der Waals surface area contributed by atoms with Gasteiger partial charge < -0.3 is 15.2 Å². The summed E-state index contributed by atoms with van der Waals surface area (Å²) >= 11 is 3.15. The second-order valence-corrected chi connectivity index (χ2v) is 7.82. The van der Waals surface area contributed by atoms with Gasteiger partial charge in [-0.25, -0.2) is 9.59 Å². The average molecular weight is 449 g/mol. The molecule has 0 aliphatic heterocycles. The Morgan fingerprint density at radius 1 is 1.11 bits per heavy atom. The molecule has 0 bridgehead atoms. The zero-order chi connectivity index (χ0) is 20.9. The molecule has 0 aromatic heterocycles. The van der Waals surface area contributed by atoms with E-state index in [9.17, 15) is 14.4 Å². The van der Waals surface area contributed by atoms with Crippen molar-refractivity contribution in [3.63, 3.8) is 0 Å². The first-order valence-corrected chi connectivity index (χ1v) is 9.25. The highest BCUT2D eigenvalue weighted by Gasteiger charge is 2.17. The second kappa shape index (κ2) is 8.88. The molecular formula is C20H21BrN2O5. The molecule has 8 heteroatoms. The van der Waals surface area contributed by atoms with E-state index in [-0.39, 0.29) is 18.0 Å². The Morgan fingerprint density at radius 3 is 2.39 bits per heavy atom. The lowest BCUT2D eigenvalue weighted by molar-refractivity contribution is 0.0633. The molecule has 2 amide bonds. The van der Waals surface area contributed by atoms with Gasteiger partial charge in [-0.1, -0.05) is 18.2 Å². The summed E-state index contributed by atoms with van der Waals surface area (Å²) in [6, 6.07) is 11.3. The molecular weight excluding hydrogens is 428 g/mol. The maximum absolute atomic E-state index is 12.4. The summed E-state index contributed by atoms with van der Waals surface area (Å²) < 4.78 is 5.56. The number of rotatable bonds is 5. The number of halogens is 1. The van der Waals surface area contributed by atoms with Gasteiger partial charge in [-0.2, -0.15) is 0 Å². The molecule has 2 aromatic carbocycles. The molecule has 2 rings (SSSR count). The van der Waals surface area contributed by atoms with E-state index in [2.05, 4.69) is 26.6 Å². The summed E-state index contributed by atoms with van der Waals surface area (Å²) in [5.74, 6) is -1.45. The molecule has 0 fully saturated rings. The third kappa shape index (κ3) is 6.09. The molecule has 28 heavy (non-hydrogen) atoms. The molecule has 0 aliphatic rings. The van der Waals surface area contributed by atoms with E-state index in [1.54, 1.807) is 45.0 Å². The lowest BCUT2D eigenvalue weighted by Crippen LogP contribution is -2.28. The Labute approximate surface area is 171 Å². The summed E-state index contributed by atoms with van der Waals surface area (Å²) in [6.45, 7) is 5.48. The van der Waals surface area contributed by atoms with E-state index in [0.29, 0.717) is 21.3 Å². The van der Waals surface area contributed by atoms with Crippen LogP contribution in [0.25, 0.3) is 0 Å². The van der Waals surface area contributed by atoms with Gasteiger partial charge in [0.2, 0.25) is 0 Å². The molecule has 7 nitrogen and oxygen atoms in total.